The smallest absolute Gasteiger partial charge is 0.274 e. The number of nitriles is 1. The number of rotatable bonds is 7. The SMILES string of the molecule is COc1cc(/C=N\NC(=O)c2ccc(C#N)cc2F)ccc1OCc1ccc(Cl)cc1. The fourth-order valence-corrected chi connectivity index (χ4v) is 2.75. The molecule has 6 nitrogen and oxygen atoms in total. The van der Waals surface area contributed by atoms with Gasteiger partial charge in [-0.1, -0.05) is 23.7 Å². The van der Waals surface area contributed by atoms with Crippen molar-refractivity contribution in [2.24, 2.45) is 5.10 Å². The van der Waals surface area contributed by atoms with E-state index < -0.39 is 11.7 Å². The third kappa shape index (κ3) is 5.81. The largest absolute Gasteiger partial charge is 0.493 e. The third-order valence-electron chi connectivity index (χ3n) is 4.22. The van der Waals surface area contributed by atoms with Crippen molar-refractivity contribution < 1.29 is 18.7 Å². The number of benzene rings is 3. The fraction of sp³-hybridized carbons (Fsp3) is 0.0870. The Morgan fingerprint density at radius 2 is 1.94 bits per heavy atom. The van der Waals surface area contributed by atoms with Crippen LogP contribution in [0.4, 0.5) is 4.39 Å². The number of methoxy groups -OCH3 is 1. The van der Waals surface area contributed by atoms with Gasteiger partial charge < -0.3 is 9.47 Å². The number of amides is 1. The Kier molecular flexibility index (Phi) is 7.20. The van der Waals surface area contributed by atoms with Gasteiger partial charge in [-0.3, -0.25) is 4.79 Å². The van der Waals surface area contributed by atoms with Gasteiger partial charge in [0.15, 0.2) is 11.5 Å². The van der Waals surface area contributed by atoms with E-state index in [9.17, 15) is 9.18 Å². The predicted molar refractivity (Wildman–Crippen MR) is 115 cm³/mol. The molecule has 0 aliphatic heterocycles. The van der Waals surface area contributed by atoms with Crippen LogP contribution in [0.5, 0.6) is 11.5 Å². The highest BCUT2D eigenvalue weighted by Gasteiger charge is 2.11. The maximum absolute atomic E-state index is 13.9. The maximum atomic E-state index is 13.9. The number of ether oxygens (including phenoxy) is 2. The number of halogens is 2. The monoisotopic (exact) mass is 437 g/mol. The molecule has 0 aliphatic carbocycles. The summed E-state index contributed by atoms with van der Waals surface area (Å²) in [4.78, 5) is 12.1. The van der Waals surface area contributed by atoms with Gasteiger partial charge in [-0.15, -0.1) is 0 Å². The van der Waals surface area contributed by atoms with Gasteiger partial charge in [0.05, 0.1) is 30.5 Å². The highest BCUT2D eigenvalue weighted by atomic mass is 35.5. The zero-order valence-corrected chi connectivity index (χ0v) is 17.2. The van der Waals surface area contributed by atoms with E-state index in [1.165, 1.54) is 25.5 Å². The van der Waals surface area contributed by atoms with Crippen molar-refractivity contribution in [3.05, 3.63) is 93.8 Å². The molecule has 0 aromatic heterocycles. The van der Waals surface area contributed by atoms with Crippen LogP contribution in [-0.2, 0) is 6.61 Å². The number of hydrogen-bond acceptors (Lipinski definition) is 5. The molecule has 0 radical (unpaired) electrons. The van der Waals surface area contributed by atoms with Crippen molar-refractivity contribution in [2.45, 2.75) is 6.61 Å². The molecule has 3 rings (SSSR count). The Morgan fingerprint density at radius 3 is 2.61 bits per heavy atom. The van der Waals surface area contributed by atoms with E-state index in [4.69, 9.17) is 26.3 Å². The van der Waals surface area contributed by atoms with E-state index in [0.717, 1.165) is 11.6 Å². The zero-order chi connectivity index (χ0) is 22.2. The quantitative estimate of drug-likeness (QED) is 0.429. The van der Waals surface area contributed by atoms with Gasteiger partial charge in [0.25, 0.3) is 5.91 Å². The van der Waals surface area contributed by atoms with E-state index in [1.54, 1.807) is 36.4 Å². The Morgan fingerprint density at radius 1 is 1.16 bits per heavy atom. The summed E-state index contributed by atoms with van der Waals surface area (Å²) in [7, 11) is 1.51. The molecule has 0 heterocycles. The Hall–Kier alpha value is -3.89. The number of nitrogens with one attached hydrogen (secondary N) is 1. The van der Waals surface area contributed by atoms with Gasteiger partial charge in [0, 0.05) is 5.02 Å². The molecule has 1 N–H and O–H groups in total. The summed E-state index contributed by atoms with van der Waals surface area (Å²) in [6.07, 6.45) is 1.39. The molecule has 0 bridgehead atoms. The molecule has 156 valence electrons. The third-order valence-corrected chi connectivity index (χ3v) is 4.47. The van der Waals surface area contributed by atoms with Gasteiger partial charge in [0.2, 0.25) is 0 Å². The summed E-state index contributed by atoms with van der Waals surface area (Å²) in [5.74, 6) is -0.496. The summed E-state index contributed by atoms with van der Waals surface area (Å²) in [6.45, 7) is 0.340. The summed E-state index contributed by atoms with van der Waals surface area (Å²) in [5.41, 5.74) is 3.76. The van der Waals surface area contributed by atoms with Crippen LogP contribution in [0, 0.1) is 17.1 Å². The highest BCUT2D eigenvalue weighted by molar-refractivity contribution is 6.30. The molecule has 8 heteroatoms. The van der Waals surface area contributed by atoms with Crippen molar-refractivity contribution in [1.82, 2.24) is 5.43 Å². The number of carbonyl (C=O) groups excluding carboxylic acids is 1. The molecule has 0 atom stereocenters. The van der Waals surface area contributed by atoms with Crippen molar-refractivity contribution >= 4 is 23.7 Å². The van der Waals surface area contributed by atoms with Crippen LogP contribution in [0.1, 0.15) is 27.0 Å². The molecule has 0 saturated heterocycles. The molecule has 0 saturated carbocycles. The second kappa shape index (κ2) is 10.2. The average molecular weight is 438 g/mol. The van der Waals surface area contributed by atoms with Crippen molar-refractivity contribution in [3.8, 4) is 17.6 Å². The Balaban J connectivity index is 1.63. The lowest BCUT2D eigenvalue weighted by molar-refractivity contribution is 0.0951. The summed E-state index contributed by atoms with van der Waals surface area (Å²) in [6, 6.07) is 17.8. The summed E-state index contributed by atoms with van der Waals surface area (Å²) < 4.78 is 25.0. The molecular weight excluding hydrogens is 421 g/mol. The van der Waals surface area contributed by atoms with Crippen LogP contribution in [0.3, 0.4) is 0 Å². The molecule has 0 aliphatic rings. The van der Waals surface area contributed by atoms with Gasteiger partial charge in [0.1, 0.15) is 12.4 Å². The topological polar surface area (TPSA) is 83.7 Å². The first kappa shape index (κ1) is 21.8. The van der Waals surface area contributed by atoms with Crippen LogP contribution in [0.15, 0.2) is 65.8 Å². The normalized spacial score (nSPS) is 10.5. The number of nitrogens with zero attached hydrogens (tertiary/aromatic N) is 2. The minimum absolute atomic E-state index is 0.128. The van der Waals surface area contributed by atoms with E-state index in [-0.39, 0.29) is 11.1 Å². The molecule has 3 aromatic carbocycles. The molecular formula is C23H17ClFN3O3. The molecule has 0 spiro atoms. The first-order chi connectivity index (χ1) is 15.0. The van der Waals surface area contributed by atoms with Crippen LogP contribution in [0.2, 0.25) is 5.02 Å². The van der Waals surface area contributed by atoms with E-state index in [1.807, 2.05) is 12.1 Å². The van der Waals surface area contributed by atoms with Gasteiger partial charge in [-0.05, 0) is 59.7 Å². The standard InChI is InChI=1S/C23H17ClFN3O3/c1-30-22-11-17(5-9-21(22)31-14-15-2-6-18(24)7-3-15)13-27-28-23(29)19-8-4-16(12-26)10-20(19)25/h2-11,13H,14H2,1H3,(H,28,29)/b27-13-. The lowest BCUT2D eigenvalue weighted by atomic mass is 10.1. The summed E-state index contributed by atoms with van der Waals surface area (Å²) in [5, 5.41) is 13.3. The average Bonchev–Trinajstić information content (AvgIpc) is 2.78. The maximum Gasteiger partial charge on any atom is 0.274 e. The minimum Gasteiger partial charge on any atom is -0.493 e. The Bertz CT molecular complexity index is 1160. The predicted octanol–water partition coefficient (Wildman–Crippen LogP) is 4.70. The first-order valence-corrected chi connectivity index (χ1v) is 9.46. The molecule has 0 unspecified atom stereocenters. The second-order valence-corrected chi connectivity index (χ2v) is 6.77. The van der Waals surface area contributed by atoms with Gasteiger partial charge in [-0.25, -0.2) is 9.82 Å². The van der Waals surface area contributed by atoms with Crippen molar-refractivity contribution in [2.75, 3.05) is 7.11 Å². The molecule has 0 fully saturated rings. The van der Waals surface area contributed by atoms with Crippen molar-refractivity contribution in [1.29, 1.82) is 5.26 Å². The molecule has 31 heavy (non-hydrogen) atoms. The van der Waals surface area contributed by atoms with Crippen LogP contribution < -0.4 is 14.9 Å². The lowest BCUT2D eigenvalue weighted by Gasteiger charge is -2.11. The van der Waals surface area contributed by atoms with Crippen LogP contribution >= 0.6 is 11.6 Å². The molecule has 3 aromatic rings. The van der Waals surface area contributed by atoms with Gasteiger partial charge in [-0.2, -0.15) is 10.4 Å². The molecule has 1 amide bonds. The fourth-order valence-electron chi connectivity index (χ4n) is 2.62. The van der Waals surface area contributed by atoms with E-state index >= 15 is 0 Å². The lowest BCUT2D eigenvalue weighted by Crippen LogP contribution is -2.19. The number of hydrazone groups is 1. The number of carbonyl (C=O) groups is 1. The van der Waals surface area contributed by atoms with E-state index in [0.29, 0.717) is 28.7 Å². The van der Waals surface area contributed by atoms with Crippen LogP contribution in [0.25, 0.3) is 0 Å². The highest BCUT2D eigenvalue weighted by Crippen LogP contribution is 2.28. The minimum atomic E-state index is -0.796. The van der Waals surface area contributed by atoms with Crippen molar-refractivity contribution in [3.63, 3.8) is 0 Å². The number of hydrogen-bond donors (Lipinski definition) is 1. The van der Waals surface area contributed by atoms with E-state index in [2.05, 4.69) is 10.5 Å². The van der Waals surface area contributed by atoms with Crippen LogP contribution in [-0.4, -0.2) is 19.2 Å². The van der Waals surface area contributed by atoms with Gasteiger partial charge >= 0.3 is 0 Å². The summed E-state index contributed by atoms with van der Waals surface area (Å²) >= 11 is 5.88. The zero-order valence-electron chi connectivity index (χ0n) is 16.4. The first-order valence-electron chi connectivity index (χ1n) is 9.08. The Labute approximate surface area is 183 Å². The second-order valence-electron chi connectivity index (χ2n) is 6.33.